The second-order valence-corrected chi connectivity index (χ2v) is 11.4. The zero-order valence-electron chi connectivity index (χ0n) is 22.0. The lowest BCUT2D eigenvalue weighted by Crippen LogP contribution is -2.65. The highest BCUT2D eigenvalue weighted by atomic mass is 32.2. The van der Waals surface area contributed by atoms with Crippen molar-refractivity contribution in [2.75, 3.05) is 11.9 Å². The van der Waals surface area contributed by atoms with Crippen LogP contribution in [-0.2, 0) is 24.4 Å². The topological polar surface area (TPSA) is 159 Å². The van der Waals surface area contributed by atoms with E-state index < -0.39 is 33.6 Å². The standard InChI is InChI=1S/C28H33N5O6S/c1-28(27(35)36,33-40(37,38)23-15-13-21(14-16-23)20-9-3-2-4-10-20)31-26(34)24-19-22(39-32-24)11-5-7-17-29-25-12-6-8-18-30-25/h2-4,6,8-10,12-16,18,22,24,32-33H,5,7,11,17,19H2,1H3,(H,29,30)(H,31,34)(H,35,36). The number of nitrogens with zero attached hydrogens (tertiary/aromatic N) is 1. The first kappa shape index (κ1) is 29.2. The van der Waals surface area contributed by atoms with Crippen molar-refractivity contribution in [3.63, 3.8) is 0 Å². The van der Waals surface area contributed by atoms with E-state index in [-0.39, 0.29) is 11.0 Å². The summed E-state index contributed by atoms with van der Waals surface area (Å²) in [6.07, 6.45) is 4.22. The molecule has 40 heavy (non-hydrogen) atoms. The summed E-state index contributed by atoms with van der Waals surface area (Å²) in [6.45, 7) is 1.83. The van der Waals surface area contributed by atoms with E-state index in [0.717, 1.165) is 43.3 Å². The fraction of sp³-hybridized carbons (Fsp3) is 0.321. The van der Waals surface area contributed by atoms with Crippen LogP contribution in [0.2, 0.25) is 0 Å². The summed E-state index contributed by atoms with van der Waals surface area (Å²) in [5.74, 6) is -1.44. The normalized spacial score (nSPS) is 18.5. The average molecular weight is 568 g/mol. The van der Waals surface area contributed by atoms with Crippen molar-refractivity contribution in [1.29, 1.82) is 0 Å². The highest BCUT2D eigenvalue weighted by molar-refractivity contribution is 7.89. The molecule has 3 unspecified atom stereocenters. The van der Waals surface area contributed by atoms with Crippen molar-refractivity contribution < 1.29 is 28.0 Å². The van der Waals surface area contributed by atoms with Crippen LogP contribution >= 0.6 is 0 Å². The Labute approximate surface area is 233 Å². The molecule has 1 amide bonds. The Morgan fingerprint density at radius 2 is 1.73 bits per heavy atom. The molecule has 4 rings (SSSR count). The van der Waals surface area contributed by atoms with E-state index in [1.807, 2.05) is 48.5 Å². The number of rotatable bonds is 13. The van der Waals surface area contributed by atoms with Crippen molar-refractivity contribution >= 4 is 27.7 Å². The second kappa shape index (κ2) is 13.0. The average Bonchev–Trinajstić information content (AvgIpc) is 3.43. The predicted octanol–water partition coefficient (Wildman–Crippen LogP) is 2.89. The molecule has 1 fully saturated rings. The van der Waals surface area contributed by atoms with E-state index in [9.17, 15) is 23.1 Å². The number of benzene rings is 2. The molecule has 2 aromatic carbocycles. The lowest BCUT2D eigenvalue weighted by Gasteiger charge is -2.28. The van der Waals surface area contributed by atoms with E-state index in [4.69, 9.17) is 4.84 Å². The van der Waals surface area contributed by atoms with E-state index in [0.29, 0.717) is 12.8 Å². The summed E-state index contributed by atoms with van der Waals surface area (Å²) in [6, 6.07) is 20.3. The third kappa shape index (κ3) is 7.63. The fourth-order valence-corrected chi connectivity index (χ4v) is 5.58. The molecule has 1 aliphatic heterocycles. The summed E-state index contributed by atoms with van der Waals surface area (Å²) in [5.41, 5.74) is 2.07. The van der Waals surface area contributed by atoms with Gasteiger partial charge in [-0.15, -0.1) is 0 Å². The maximum absolute atomic E-state index is 13.0. The van der Waals surface area contributed by atoms with Crippen LogP contribution in [0.5, 0.6) is 0 Å². The number of hydrogen-bond acceptors (Lipinski definition) is 8. The first-order valence-electron chi connectivity index (χ1n) is 13.0. The van der Waals surface area contributed by atoms with Gasteiger partial charge in [-0.2, -0.15) is 10.2 Å². The lowest BCUT2D eigenvalue weighted by molar-refractivity contribution is -0.148. The Morgan fingerprint density at radius 3 is 2.40 bits per heavy atom. The number of sulfonamides is 1. The molecule has 11 nitrogen and oxygen atoms in total. The van der Waals surface area contributed by atoms with Crippen molar-refractivity contribution in [2.45, 2.75) is 55.3 Å². The number of aromatic nitrogens is 1. The highest BCUT2D eigenvalue weighted by Crippen LogP contribution is 2.22. The Hall–Kier alpha value is -3.84. The first-order valence-corrected chi connectivity index (χ1v) is 14.5. The number of pyridine rings is 1. The second-order valence-electron chi connectivity index (χ2n) is 9.70. The number of aliphatic carboxylic acids is 1. The van der Waals surface area contributed by atoms with Crippen LogP contribution in [0.25, 0.3) is 11.1 Å². The molecule has 0 radical (unpaired) electrons. The van der Waals surface area contributed by atoms with E-state index in [2.05, 4.69) is 25.8 Å². The monoisotopic (exact) mass is 567 g/mol. The minimum absolute atomic E-state index is 0.131. The number of carbonyl (C=O) groups is 2. The largest absolute Gasteiger partial charge is 0.478 e. The summed E-state index contributed by atoms with van der Waals surface area (Å²) in [4.78, 5) is 34.6. The number of carboxylic acid groups (broad SMARTS) is 1. The highest BCUT2D eigenvalue weighted by Gasteiger charge is 2.42. The summed E-state index contributed by atoms with van der Waals surface area (Å²) in [7, 11) is -4.29. The third-order valence-corrected chi connectivity index (χ3v) is 8.10. The third-order valence-electron chi connectivity index (χ3n) is 6.53. The van der Waals surface area contributed by atoms with Gasteiger partial charge in [0.25, 0.3) is 0 Å². The zero-order valence-corrected chi connectivity index (χ0v) is 22.9. The molecule has 3 aromatic rings. The molecule has 12 heteroatoms. The van der Waals surface area contributed by atoms with Gasteiger partial charge in [0.15, 0.2) is 0 Å². The van der Waals surface area contributed by atoms with Crippen molar-refractivity contribution in [3.05, 3.63) is 79.0 Å². The smallest absolute Gasteiger partial charge is 0.345 e. The van der Waals surface area contributed by atoms with E-state index >= 15 is 0 Å². The SMILES string of the molecule is CC(NC(=O)C1CC(CCCCNc2ccccn2)ON1)(NS(=O)(=O)c1ccc(-c2ccccc2)cc1)C(=O)O. The molecular formula is C28H33N5O6S. The van der Waals surface area contributed by atoms with Crippen LogP contribution in [0, 0.1) is 0 Å². The van der Waals surface area contributed by atoms with Gasteiger partial charge in [-0.25, -0.2) is 18.2 Å². The predicted molar refractivity (Wildman–Crippen MR) is 149 cm³/mol. The van der Waals surface area contributed by atoms with Gasteiger partial charge < -0.3 is 15.7 Å². The van der Waals surface area contributed by atoms with E-state index in [1.165, 1.54) is 12.1 Å². The summed E-state index contributed by atoms with van der Waals surface area (Å²) < 4.78 is 28.2. The number of anilines is 1. The number of hydroxylamine groups is 1. The van der Waals surface area contributed by atoms with Gasteiger partial charge in [0.2, 0.25) is 21.6 Å². The van der Waals surface area contributed by atoms with Crippen LogP contribution in [0.15, 0.2) is 83.9 Å². The Kier molecular flexibility index (Phi) is 9.48. The number of amides is 1. The number of carbonyl (C=O) groups excluding carboxylic acids is 1. The maximum atomic E-state index is 13.0. The minimum Gasteiger partial charge on any atom is -0.478 e. The first-order chi connectivity index (χ1) is 19.2. The lowest BCUT2D eigenvalue weighted by atomic mass is 10.0. The minimum atomic E-state index is -4.29. The number of unbranched alkanes of at least 4 members (excludes halogenated alkanes) is 1. The maximum Gasteiger partial charge on any atom is 0.345 e. The molecule has 3 atom stereocenters. The molecule has 0 bridgehead atoms. The molecule has 0 spiro atoms. The number of carboxylic acids is 1. The number of hydrogen-bond donors (Lipinski definition) is 5. The Bertz CT molecular complexity index is 1390. The van der Waals surface area contributed by atoms with Gasteiger partial charge in [-0.1, -0.05) is 48.5 Å². The Morgan fingerprint density at radius 1 is 1.02 bits per heavy atom. The molecule has 0 saturated carbocycles. The molecule has 1 aliphatic rings. The van der Waals surface area contributed by atoms with Crippen LogP contribution < -0.4 is 20.8 Å². The summed E-state index contributed by atoms with van der Waals surface area (Å²) >= 11 is 0. The zero-order chi connectivity index (χ0) is 28.6. The molecule has 212 valence electrons. The molecular weight excluding hydrogens is 534 g/mol. The van der Waals surface area contributed by atoms with Crippen molar-refractivity contribution in [1.82, 2.24) is 20.5 Å². The van der Waals surface area contributed by atoms with Crippen LogP contribution in [0.1, 0.15) is 32.6 Å². The van der Waals surface area contributed by atoms with Gasteiger partial charge in [0, 0.05) is 19.2 Å². The fourth-order valence-electron chi connectivity index (χ4n) is 4.30. The van der Waals surface area contributed by atoms with Gasteiger partial charge in [0.1, 0.15) is 11.9 Å². The molecule has 0 aliphatic carbocycles. The quantitative estimate of drug-likeness (QED) is 0.155. The molecule has 1 aromatic heterocycles. The number of nitrogens with one attached hydrogen (secondary N) is 4. The summed E-state index contributed by atoms with van der Waals surface area (Å²) in [5, 5.41) is 15.4. The van der Waals surface area contributed by atoms with Gasteiger partial charge in [0.05, 0.1) is 11.0 Å². The molecule has 2 heterocycles. The van der Waals surface area contributed by atoms with Crippen LogP contribution in [0.4, 0.5) is 5.82 Å². The van der Waals surface area contributed by atoms with Crippen LogP contribution in [-0.4, -0.2) is 54.7 Å². The van der Waals surface area contributed by atoms with Gasteiger partial charge in [-0.05, 0) is 61.6 Å². The van der Waals surface area contributed by atoms with E-state index in [1.54, 1.807) is 18.3 Å². The van der Waals surface area contributed by atoms with Crippen molar-refractivity contribution in [2.24, 2.45) is 0 Å². The van der Waals surface area contributed by atoms with Crippen molar-refractivity contribution in [3.8, 4) is 11.1 Å². The Balaban J connectivity index is 1.29. The van der Waals surface area contributed by atoms with Gasteiger partial charge in [-0.3, -0.25) is 9.63 Å². The molecule has 5 N–H and O–H groups in total. The van der Waals surface area contributed by atoms with Gasteiger partial charge >= 0.3 is 5.97 Å². The van der Waals surface area contributed by atoms with Crippen LogP contribution in [0.3, 0.4) is 0 Å². The molecule has 1 saturated heterocycles.